The normalized spacial score (nSPS) is 15.8. The highest BCUT2D eigenvalue weighted by atomic mass is 15.2. The van der Waals surface area contributed by atoms with E-state index < -0.39 is 0 Å². The van der Waals surface area contributed by atoms with Crippen LogP contribution < -0.4 is 10.2 Å². The maximum Gasteiger partial charge on any atom is 0.150 e. The van der Waals surface area contributed by atoms with E-state index >= 15 is 0 Å². The number of rotatable bonds is 5. The van der Waals surface area contributed by atoms with Gasteiger partial charge in [0.25, 0.3) is 0 Å². The van der Waals surface area contributed by atoms with Crippen molar-refractivity contribution in [1.29, 1.82) is 0 Å². The molecule has 0 radical (unpaired) electrons. The van der Waals surface area contributed by atoms with Crippen LogP contribution in [-0.4, -0.2) is 29.3 Å². The van der Waals surface area contributed by atoms with Gasteiger partial charge in [0.1, 0.15) is 0 Å². The number of hydrogen-bond acceptors (Lipinski definition) is 4. The van der Waals surface area contributed by atoms with E-state index in [9.17, 15) is 0 Å². The summed E-state index contributed by atoms with van der Waals surface area (Å²) in [6.07, 6.45) is 2.73. The Morgan fingerprint density at radius 3 is 2.50 bits per heavy atom. The number of aromatic nitrogens is 2. The van der Waals surface area contributed by atoms with Crippen molar-refractivity contribution >= 4 is 5.82 Å². The van der Waals surface area contributed by atoms with Crippen molar-refractivity contribution in [3.8, 4) is 0 Å². The maximum absolute atomic E-state index is 4.30. The summed E-state index contributed by atoms with van der Waals surface area (Å²) in [7, 11) is 2.09. The topological polar surface area (TPSA) is 41.0 Å². The molecule has 1 N–H and O–H groups in total. The van der Waals surface area contributed by atoms with Crippen molar-refractivity contribution in [2.45, 2.75) is 45.7 Å². The van der Waals surface area contributed by atoms with Gasteiger partial charge in [-0.25, -0.2) is 0 Å². The molecular formula is C14H24N4. The van der Waals surface area contributed by atoms with Gasteiger partial charge in [-0.3, -0.25) is 0 Å². The van der Waals surface area contributed by atoms with E-state index in [1.807, 2.05) is 0 Å². The highest BCUT2D eigenvalue weighted by Crippen LogP contribution is 2.30. The van der Waals surface area contributed by atoms with Crippen molar-refractivity contribution in [3.63, 3.8) is 0 Å². The van der Waals surface area contributed by atoms with E-state index in [-0.39, 0.29) is 5.54 Å². The van der Waals surface area contributed by atoms with Crippen LogP contribution in [0.3, 0.4) is 0 Å². The Labute approximate surface area is 110 Å². The van der Waals surface area contributed by atoms with Gasteiger partial charge in [0.2, 0.25) is 0 Å². The molecule has 0 saturated heterocycles. The van der Waals surface area contributed by atoms with Crippen molar-refractivity contribution in [2.75, 3.05) is 18.5 Å². The molecule has 1 aromatic rings. The molecule has 0 aliphatic heterocycles. The Bertz CT molecular complexity index is 376. The number of nitrogens with one attached hydrogen (secondary N) is 1. The zero-order valence-electron chi connectivity index (χ0n) is 11.9. The van der Waals surface area contributed by atoms with Gasteiger partial charge in [-0.2, -0.15) is 5.10 Å². The van der Waals surface area contributed by atoms with E-state index in [0.29, 0.717) is 0 Å². The second-order valence-electron chi connectivity index (χ2n) is 6.31. The first-order chi connectivity index (χ1) is 8.44. The minimum Gasteiger partial charge on any atom is -0.358 e. The fourth-order valence-electron chi connectivity index (χ4n) is 1.79. The molecule has 1 saturated carbocycles. The van der Waals surface area contributed by atoms with Crippen LogP contribution >= 0.6 is 0 Å². The zero-order valence-corrected chi connectivity index (χ0v) is 11.9. The van der Waals surface area contributed by atoms with Gasteiger partial charge >= 0.3 is 0 Å². The third-order valence-electron chi connectivity index (χ3n) is 3.13. The fraction of sp³-hybridized carbons (Fsp3) is 0.714. The molecule has 0 amide bonds. The smallest absolute Gasteiger partial charge is 0.150 e. The molecule has 4 nitrogen and oxygen atoms in total. The summed E-state index contributed by atoms with van der Waals surface area (Å²) in [4.78, 5) is 2.20. The number of nitrogens with zero attached hydrogens (tertiary/aromatic N) is 3. The summed E-state index contributed by atoms with van der Waals surface area (Å²) in [5, 5.41) is 12.0. The minimum absolute atomic E-state index is 0.114. The van der Waals surface area contributed by atoms with Gasteiger partial charge in [-0.05, 0) is 51.7 Å². The van der Waals surface area contributed by atoms with Gasteiger partial charge in [0.05, 0.1) is 5.69 Å². The summed E-state index contributed by atoms with van der Waals surface area (Å²) < 4.78 is 0. The van der Waals surface area contributed by atoms with E-state index in [1.165, 1.54) is 12.8 Å². The quantitative estimate of drug-likeness (QED) is 0.867. The molecule has 0 atom stereocenters. The number of anilines is 1. The summed E-state index contributed by atoms with van der Waals surface area (Å²) >= 11 is 0. The minimum atomic E-state index is 0.114. The molecule has 2 rings (SSSR count). The first kappa shape index (κ1) is 13.3. The van der Waals surface area contributed by atoms with Gasteiger partial charge in [0.15, 0.2) is 5.82 Å². The maximum atomic E-state index is 4.30. The van der Waals surface area contributed by atoms with Crippen molar-refractivity contribution in [2.24, 2.45) is 5.92 Å². The van der Waals surface area contributed by atoms with Gasteiger partial charge in [-0.1, -0.05) is 0 Å². The Balaban J connectivity index is 1.88. The van der Waals surface area contributed by atoms with Crippen LogP contribution in [0, 0.1) is 5.92 Å². The summed E-state index contributed by atoms with van der Waals surface area (Å²) in [6.45, 7) is 8.33. The summed E-state index contributed by atoms with van der Waals surface area (Å²) in [6, 6.07) is 4.12. The molecule has 1 aromatic heterocycles. The lowest BCUT2D eigenvalue weighted by atomic mass is 10.1. The molecule has 100 valence electrons. The highest BCUT2D eigenvalue weighted by Gasteiger charge is 2.23. The second-order valence-corrected chi connectivity index (χ2v) is 6.31. The molecule has 4 heteroatoms. The molecule has 1 heterocycles. The Morgan fingerprint density at radius 2 is 2.00 bits per heavy atom. The molecule has 18 heavy (non-hydrogen) atoms. The van der Waals surface area contributed by atoms with E-state index in [0.717, 1.165) is 30.5 Å². The lowest BCUT2D eigenvalue weighted by Crippen LogP contribution is -2.35. The lowest BCUT2D eigenvalue weighted by molar-refractivity contribution is 0.420. The van der Waals surface area contributed by atoms with E-state index in [1.54, 1.807) is 0 Å². The first-order valence-corrected chi connectivity index (χ1v) is 6.73. The largest absolute Gasteiger partial charge is 0.358 e. The molecule has 0 unspecified atom stereocenters. The lowest BCUT2D eigenvalue weighted by Gasteiger charge is -2.20. The molecule has 1 aliphatic rings. The molecule has 0 spiro atoms. The molecule has 1 fully saturated rings. The fourth-order valence-corrected chi connectivity index (χ4v) is 1.79. The zero-order chi connectivity index (χ0) is 13.2. The van der Waals surface area contributed by atoms with Crippen LogP contribution in [0.1, 0.15) is 39.3 Å². The number of hydrogen-bond donors (Lipinski definition) is 1. The Morgan fingerprint density at radius 1 is 1.28 bits per heavy atom. The summed E-state index contributed by atoms with van der Waals surface area (Å²) in [5.74, 6) is 1.85. The van der Waals surface area contributed by atoms with Crippen LogP contribution in [0.25, 0.3) is 0 Å². The Hall–Kier alpha value is -1.16. The van der Waals surface area contributed by atoms with Gasteiger partial charge in [0, 0.05) is 25.7 Å². The van der Waals surface area contributed by atoms with Crippen LogP contribution in [0.15, 0.2) is 12.1 Å². The van der Waals surface area contributed by atoms with Crippen molar-refractivity contribution in [3.05, 3.63) is 17.8 Å². The Kier molecular flexibility index (Phi) is 3.85. The van der Waals surface area contributed by atoms with Crippen LogP contribution in [-0.2, 0) is 6.54 Å². The van der Waals surface area contributed by atoms with Crippen LogP contribution in [0.2, 0.25) is 0 Å². The average Bonchev–Trinajstić information content (AvgIpc) is 3.10. The molecule has 0 aromatic carbocycles. The molecular weight excluding hydrogens is 224 g/mol. The average molecular weight is 248 g/mol. The predicted octanol–water partition coefficient (Wildman–Crippen LogP) is 2.21. The monoisotopic (exact) mass is 248 g/mol. The third-order valence-corrected chi connectivity index (χ3v) is 3.13. The molecule has 0 bridgehead atoms. The van der Waals surface area contributed by atoms with Crippen LogP contribution in [0.5, 0.6) is 0 Å². The third kappa shape index (κ3) is 4.26. The first-order valence-electron chi connectivity index (χ1n) is 6.73. The van der Waals surface area contributed by atoms with Crippen LogP contribution in [0.4, 0.5) is 5.82 Å². The van der Waals surface area contributed by atoms with Gasteiger partial charge < -0.3 is 10.2 Å². The molecule has 1 aliphatic carbocycles. The highest BCUT2D eigenvalue weighted by molar-refractivity contribution is 5.36. The van der Waals surface area contributed by atoms with Crippen molar-refractivity contribution in [1.82, 2.24) is 15.5 Å². The standard InChI is InChI=1S/C14H24N4/c1-14(2,3)15-9-12-7-8-13(17-16-12)18(4)10-11-5-6-11/h7-8,11,15H,5-6,9-10H2,1-4H3. The SMILES string of the molecule is CN(CC1CC1)c1ccc(CNC(C)(C)C)nn1. The summed E-state index contributed by atoms with van der Waals surface area (Å²) in [5.41, 5.74) is 1.11. The second kappa shape index (κ2) is 5.22. The predicted molar refractivity (Wildman–Crippen MR) is 74.6 cm³/mol. The van der Waals surface area contributed by atoms with Crippen molar-refractivity contribution < 1.29 is 0 Å². The van der Waals surface area contributed by atoms with Gasteiger partial charge in [-0.15, -0.1) is 5.10 Å². The van der Waals surface area contributed by atoms with E-state index in [2.05, 4.69) is 60.4 Å². The van der Waals surface area contributed by atoms with E-state index in [4.69, 9.17) is 0 Å².